The molecule has 1 aliphatic rings. The Labute approximate surface area is 128 Å². The van der Waals surface area contributed by atoms with E-state index < -0.39 is 12.0 Å². The van der Waals surface area contributed by atoms with Gasteiger partial charge >= 0.3 is 5.97 Å². The first-order valence-electron chi connectivity index (χ1n) is 7.06. The number of nitrogens with zero attached hydrogens (tertiary/aromatic N) is 1. The van der Waals surface area contributed by atoms with E-state index in [0.717, 1.165) is 5.56 Å². The zero-order valence-electron chi connectivity index (χ0n) is 12.3. The summed E-state index contributed by atoms with van der Waals surface area (Å²) in [6.07, 6.45) is 4.19. The summed E-state index contributed by atoms with van der Waals surface area (Å²) >= 11 is 0. The van der Waals surface area contributed by atoms with Crippen LogP contribution in [0.1, 0.15) is 28.8 Å². The molecule has 0 aromatic heterocycles. The van der Waals surface area contributed by atoms with Crippen molar-refractivity contribution in [2.75, 3.05) is 13.6 Å². The second-order valence-corrected chi connectivity index (χ2v) is 5.06. The van der Waals surface area contributed by atoms with Crippen LogP contribution in [0.3, 0.4) is 0 Å². The Morgan fingerprint density at radius 1 is 1.27 bits per heavy atom. The number of amides is 2. The molecule has 2 amide bonds. The van der Waals surface area contributed by atoms with Crippen LogP contribution >= 0.6 is 0 Å². The molecule has 0 aliphatic carbocycles. The fourth-order valence-corrected chi connectivity index (χ4v) is 2.44. The lowest BCUT2D eigenvalue weighted by atomic mass is 10.1. The number of likely N-dealkylation sites (tertiary alicyclic amines) is 1. The highest BCUT2D eigenvalue weighted by Gasteiger charge is 2.32. The van der Waals surface area contributed by atoms with E-state index >= 15 is 0 Å². The Morgan fingerprint density at radius 2 is 1.95 bits per heavy atom. The van der Waals surface area contributed by atoms with Gasteiger partial charge in [0.25, 0.3) is 5.91 Å². The molecule has 0 radical (unpaired) electrons. The predicted octanol–water partition coefficient (Wildman–Crippen LogP) is 1.13. The van der Waals surface area contributed by atoms with Gasteiger partial charge in [0.1, 0.15) is 6.04 Å². The molecule has 116 valence electrons. The average Bonchev–Trinajstić information content (AvgIpc) is 3.02. The smallest absolute Gasteiger partial charge is 0.326 e. The van der Waals surface area contributed by atoms with Gasteiger partial charge in [0, 0.05) is 25.2 Å². The van der Waals surface area contributed by atoms with Crippen molar-refractivity contribution in [1.82, 2.24) is 10.2 Å². The van der Waals surface area contributed by atoms with E-state index in [0.29, 0.717) is 24.9 Å². The van der Waals surface area contributed by atoms with Crippen LogP contribution in [0.5, 0.6) is 0 Å². The molecule has 1 fully saturated rings. The maximum absolute atomic E-state index is 12.1. The van der Waals surface area contributed by atoms with Crippen LogP contribution in [-0.4, -0.2) is 47.4 Å². The van der Waals surface area contributed by atoms with Crippen molar-refractivity contribution in [3.8, 4) is 0 Å². The lowest BCUT2D eigenvalue weighted by Crippen LogP contribution is -2.39. The summed E-state index contributed by atoms with van der Waals surface area (Å²) in [4.78, 5) is 35.9. The molecular formula is C16H18N2O4. The molecule has 1 atom stereocenters. The summed E-state index contributed by atoms with van der Waals surface area (Å²) in [7, 11) is 1.56. The Kier molecular flexibility index (Phi) is 4.93. The molecule has 22 heavy (non-hydrogen) atoms. The molecule has 0 saturated carbocycles. The van der Waals surface area contributed by atoms with Gasteiger partial charge in [0.15, 0.2) is 0 Å². The van der Waals surface area contributed by atoms with E-state index in [1.807, 2.05) is 0 Å². The van der Waals surface area contributed by atoms with Gasteiger partial charge < -0.3 is 15.3 Å². The largest absolute Gasteiger partial charge is 0.480 e. The molecule has 2 rings (SSSR count). The van der Waals surface area contributed by atoms with Crippen LogP contribution < -0.4 is 5.32 Å². The number of carboxylic acids is 1. The van der Waals surface area contributed by atoms with Gasteiger partial charge in [0.05, 0.1) is 0 Å². The van der Waals surface area contributed by atoms with Crippen LogP contribution in [0.25, 0.3) is 6.08 Å². The number of carbonyl (C=O) groups excluding carboxylic acids is 2. The molecule has 6 heteroatoms. The van der Waals surface area contributed by atoms with E-state index in [4.69, 9.17) is 5.11 Å². The number of carboxylic acid groups (broad SMARTS) is 1. The Morgan fingerprint density at radius 3 is 2.55 bits per heavy atom. The molecule has 0 spiro atoms. The Bertz CT molecular complexity index is 607. The van der Waals surface area contributed by atoms with Gasteiger partial charge in [-0.2, -0.15) is 0 Å². The SMILES string of the molecule is CNC(=O)c1ccc(/C=C/C(=O)N2CCC[C@@H]2C(=O)O)cc1. The van der Waals surface area contributed by atoms with Crippen LogP contribution in [0.4, 0.5) is 0 Å². The maximum atomic E-state index is 12.1. The van der Waals surface area contributed by atoms with Crippen molar-refractivity contribution < 1.29 is 19.5 Å². The van der Waals surface area contributed by atoms with Crippen LogP contribution in [0.15, 0.2) is 30.3 Å². The minimum atomic E-state index is -0.964. The molecule has 2 N–H and O–H groups in total. The Hall–Kier alpha value is -2.63. The van der Waals surface area contributed by atoms with Crippen LogP contribution in [-0.2, 0) is 9.59 Å². The van der Waals surface area contributed by atoms with E-state index in [9.17, 15) is 14.4 Å². The van der Waals surface area contributed by atoms with E-state index in [2.05, 4.69) is 5.32 Å². The molecule has 1 aliphatic heterocycles. The van der Waals surface area contributed by atoms with Crippen molar-refractivity contribution in [3.63, 3.8) is 0 Å². The number of rotatable bonds is 4. The summed E-state index contributed by atoms with van der Waals surface area (Å²) in [5.74, 6) is -1.44. The predicted molar refractivity (Wildman–Crippen MR) is 81.2 cm³/mol. The van der Waals surface area contributed by atoms with E-state index in [1.165, 1.54) is 11.0 Å². The molecule has 1 aromatic carbocycles. The highest BCUT2D eigenvalue weighted by molar-refractivity contribution is 5.96. The second kappa shape index (κ2) is 6.89. The number of hydrogen-bond acceptors (Lipinski definition) is 3. The van der Waals surface area contributed by atoms with Gasteiger partial charge in [-0.15, -0.1) is 0 Å². The lowest BCUT2D eigenvalue weighted by Gasteiger charge is -2.19. The Balaban J connectivity index is 2.03. The number of carbonyl (C=O) groups is 3. The summed E-state index contributed by atoms with van der Waals surface area (Å²) in [6.45, 7) is 0.468. The minimum Gasteiger partial charge on any atom is -0.480 e. The highest BCUT2D eigenvalue weighted by Crippen LogP contribution is 2.18. The average molecular weight is 302 g/mol. The quantitative estimate of drug-likeness (QED) is 0.816. The zero-order valence-corrected chi connectivity index (χ0v) is 12.3. The normalized spacial score (nSPS) is 17.7. The molecule has 0 bridgehead atoms. The maximum Gasteiger partial charge on any atom is 0.326 e. The summed E-state index contributed by atoms with van der Waals surface area (Å²) < 4.78 is 0. The third-order valence-electron chi connectivity index (χ3n) is 3.64. The first-order valence-corrected chi connectivity index (χ1v) is 7.06. The third-order valence-corrected chi connectivity index (χ3v) is 3.64. The second-order valence-electron chi connectivity index (χ2n) is 5.06. The van der Waals surface area contributed by atoms with Gasteiger partial charge in [0.2, 0.25) is 5.91 Å². The molecule has 0 unspecified atom stereocenters. The van der Waals surface area contributed by atoms with Gasteiger partial charge in [-0.25, -0.2) is 4.79 Å². The number of benzene rings is 1. The summed E-state index contributed by atoms with van der Waals surface area (Å²) in [5, 5.41) is 11.6. The molecule has 1 saturated heterocycles. The number of nitrogens with one attached hydrogen (secondary N) is 1. The fraction of sp³-hybridized carbons (Fsp3) is 0.312. The first kappa shape index (κ1) is 15.8. The zero-order chi connectivity index (χ0) is 16.1. The number of aliphatic carboxylic acids is 1. The highest BCUT2D eigenvalue weighted by atomic mass is 16.4. The fourth-order valence-electron chi connectivity index (χ4n) is 2.44. The summed E-state index contributed by atoms with van der Waals surface area (Å²) in [6, 6.07) is 6.06. The van der Waals surface area contributed by atoms with Gasteiger partial charge in [-0.1, -0.05) is 12.1 Å². The van der Waals surface area contributed by atoms with Gasteiger partial charge in [-0.05, 0) is 36.6 Å². The molecule has 6 nitrogen and oxygen atoms in total. The van der Waals surface area contributed by atoms with Crippen LogP contribution in [0.2, 0.25) is 0 Å². The molecule has 1 heterocycles. The van der Waals surface area contributed by atoms with Gasteiger partial charge in [-0.3, -0.25) is 9.59 Å². The topological polar surface area (TPSA) is 86.7 Å². The lowest BCUT2D eigenvalue weighted by molar-refractivity contribution is -0.146. The van der Waals surface area contributed by atoms with Crippen molar-refractivity contribution in [1.29, 1.82) is 0 Å². The first-order chi connectivity index (χ1) is 10.5. The number of hydrogen-bond donors (Lipinski definition) is 2. The van der Waals surface area contributed by atoms with Crippen molar-refractivity contribution in [2.45, 2.75) is 18.9 Å². The van der Waals surface area contributed by atoms with Crippen molar-refractivity contribution >= 4 is 23.9 Å². The third kappa shape index (κ3) is 3.52. The molecule has 1 aromatic rings. The monoisotopic (exact) mass is 302 g/mol. The van der Waals surface area contributed by atoms with E-state index in [1.54, 1.807) is 37.4 Å². The summed E-state index contributed by atoms with van der Waals surface area (Å²) in [5.41, 5.74) is 1.31. The van der Waals surface area contributed by atoms with Crippen molar-refractivity contribution in [2.24, 2.45) is 0 Å². The standard InChI is InChI=1S/C16H18N2O4/c1-17-15(20)12-7-4-11(5-8-12)6-9-14(19)18-10-2-3-13(18)16(21)22/h4-9,13H,2-3,10H2,1H3,(H,17,20)(H,21,22)/b9-6+/t13-/m1/s1. The van der Waals surface area contributed by atoms with Crippen LogP contribution in [0, 0.1) is 0 Å². The van der Waals surface area contributed by atoms with E-state index in [-0.39, 0.29) is 11.8 Å². The molecular weight excluding hydrogens is 284 g/mol. The minimum absolute atomic E-state index is 0.173. The van der Waals surface area contributed by atoms with Crippen molar-refractivity contribution in [3.05, 3.63) is 41.5 Å².